The maximum Gasteiger partial charge on any atom is 0.0608 e. The van der Waals surface area contributed by atoms with Crippen molar-refractivity contribution in [1.82, 2.24) is 4.90 Å². The van der Waals surface area contributed by atoms with Crippen LogP contribution in [0.15, 0.2) is 0 Å². The highest BCUT2D eigenvalue weighted by atomic mass is 16.3. The van der Waals surface area contributed by atoms with Crippen LogP contribution in [0.25, 0.3) is 0 Å². The highest BCUT2D eigenvalue weighted by molar-refractivity contribution is 4.78. The molecule has 3 heteroatoms. The van der Waals surface area contributed by atoms with Crippen molar-refractivity contribution in [1.29, 1.82) is 0 Å². The van der Waals surface area contributed by atoms with Gasteiger partial charge < -0.3 is 15.7 Å². The lowest BCUT2D eigenvalue weighted by molar-refractivity contribution is 0.176. The first-order chi connectivity index (χ1) is 6.05. The molecule has 0 radical (unpaired) electrons. The van der Waals surface area contributed by atoms with Gasteiger partial charge >= 0.3 is 0 Å². The van der Waals surface area contributed by atoms with Crippen LogP contribution in [0, 0.1) is 0 Å². The molecule has 3 N–H and O–H groups in total. The SMILES string of the molecule is CCCN(CC)CCC(C)(N)CO. The second-order valence-corrected chi connectivity index (χ2v) is 4.00. The van der Waals surface area contributed by atoms with Crippen molar-refractivity contribution in [2.75, 3.05) is 26.2 Å². The van der Waals surface area contributed by atoms with Gasteiger partial charge in [0.1, 0.15) is 0 Å². The number of hydrogen-bond acceptors (Lipinski definition) is 3. The minimum atomic E-state index is -0.416. The molecule has 0 heterocycles. The molecule has 0 saturated carbocycles. The van der Waals surface area contributed by atoms with Gasteiger partial charge in [-0.25, -0.2) is 0 Å². The first-order valence-corrected chi connectivity index (χ1v) is 5.17. The maximum atomic E-state index is 8.97. The number of nitrogens with two attached hydrogens (primary N) is 1. The Labute approximate surface area is 81.9 Å². The Bertz CT molecular complexity index is 126. The zero-order chi connectivity index (χ0) is 10.3. The molecule has 0 aromatic carbocycles. The third-order valence-corrected chi connectivity index (χ3v) is 2.35. The Hall–Kier alpha value is -0.120. The molecule has 0 aromatic rings. The van der Waals surface area contributed by atoms with Gasteiger partial charge in [-0.1, -0.05) is 13.8 Å². The van der Waals surface area contributed by atoms with Gasteiger partial charge in [0, 0.05) is 5.54 Å². The lowest BCUT2D eigenvalue weighted by Gasteiger charge is -2.26. The van der Waals surface area contributed by atoms with E-state index in [0.29, 0.717) is 0 Å². The van der Waals surface area contributed by atoms with Gasteiger partial charge in [-0.2, -0.15) is 0 Å². The van der Waals surface area contributed by atoms with E-state index in [1.54, 1.807) is 0 Å². The first kappa shape index (κ1) is 12.9. The van der Waals surface area contributed by atoms with Gasteiger partial charge in [0.05, 0.1) is 6.61 Å². The van der Waals surface area contributed by atoms with E-state index in [1.165, 1.54) is 6.42 Å². The molecule has 13 heavy (non-hydrogen) atoms. The summed E-state index contributed by atoms with van der Waals surface area (Å²) in [4.78, 5) is 2.36. The molecule has 0 aliphatic rings. The molecule has 0 bridgehead atoms. The topological polar surface area (TPSA) is 49.5 Å². The molecule has 0 saturated heterocycles. The van der Waals surface area contributed by atoms with Crippen LogP contribution in [0.2, 0.25) is 0 Å². The monoisotopic (exact) mass is 188 g/mol. The molecule has 0 rings (SSSR count). The van der Waals surface area contributed by atoms with Crippen molar-refractivity contribution in [2.45, 2.75) is 39.2 Å². The normalized spacial score (nSPS) is 16.2. The molecule has 0 aliphatic heterocycles. The zero-order valence-electron chi connectivity index (χ0n) is 9.21. The number of hydrogen-bond donors (Lipinski definition) is 2. The Balaban J connectivity index is 3.70. The van der Waals surface area contributed by atoms with E-state index < -0.39 is 5.54 Å². The molecule has 0 amide bonds. The van der Waals surface area contributed by atoms with Gasteiger partial charge in [-0.15, -0.1) is 0 Å². The summed E-state index contributed by atoms with van der Waals surface area (Å²) in [5.74, 6) is 0. The minimum Gasteiger partial charge on any atom is -0.394 e. The van der Waals surface area contributed by atoms with E-state index >= 15 is 0 Å². The standard InChI is InChI=1S/C10H24N2O/c1-4-7-12(5-2)8-6-10(3,11)9-13/h13H,4-9,11H2,1-3H3. The summed E-state index contributed by atoms with van der Waals surface area (Å²) in [7, 11) is 0. The fourth-order valence-electron chi connectivity index (χ4n) is 1.24. The summed E-state index contributed by atoms with van der Waals surface area (Å²) < 4.78 is 0. The van der Waals surface area contributed by atoms with Crippen LogP contribution in [0.5, 0.6) is 0 Å². The Morgan fingerprint density at radius 1 is 1.31 bits per heavy atom. The quantitative estimate of drug-likeness (QED) is 0.622. The van der Waals surface area contributed by atoms with Crippen molar-refractivity contribution in [2.24, 2.45) is 5.73 Å². The van der Waals surface area contributed by atoms with E-state index in [2.05, 4.69) is 18.7 Å². The van der Waals surface area contributed by atoms with Crippen LogP contribution in [0.4, 0.5) is 0 Å². The molecule has 0 aliphatic carbocycles. The van der Waals surface area contributed by atoms with Gasteiger partial charge in [0.15, 0.2) is 0 Å². The van der Waals surface area contributed by atoms with Crippen molar-refractivity contribution in [3.8, 4) is 0 Å². The fraction of sp³-hybridized carbons (Fsp3) is 1.00. The summed E-state index contributed by atoms with van der Waals surface area (Å²) >= 11 is 0. The number of aliphatic hydroxyl groups excluding tert-OH is 1. The van der Waals surface area contributed by atoms with Crippen molar-refractivity contribution >= 4 is 0 Å². The summed E-state index contributed by atoms with van der Waals surface area (Å²) in [6.45, 7) is 9.47. The van der Waals surface area contributed by atoms with Gasteiger partial charge in [-0.05, 0) is 39.4 Å². The fourth-order valence-corrected chi connectivity index (χ4v) is 1.24. The molecule has 0 aromatic heterocycles. The zero-order valence-corrected chi connectivity index (χ0v) is 9.21. The second-order valence-electron chi connectivity index (χ2n) is 4.00. The third kappa shape index (κ3) is 6.02. The van der Waals surface area contributed by atoms with Gasteiger partial charge in [0.25, 0.3) is 0 Å². The lowest BCUT2D eigenvalue weighted by Crippen LogP contribution is -2.43. The minimum absolute atomic E-state index is 0.0662. The predicted octanol–water partition coefficient (Wildman–Crippen LogP) is 0.818. The van der Waals surface area contributed by atoms with E-state index in [-0.39, 0.29) is 6.61 Å². The van der Waals surface area contributed by atoms with Crippen LogP contribution < -0.4 is 5.73 Å². The third-order valence-electron chi connectivity index (χ3n) is 2.35. The molecule has 3 nitrogen and oxygen atoms in total. The van der Waals surface area contributed by atoms with E-state index in [1.807, 2.05) is 6.92 Å². The summed E-state index contributed by atoms with van der Waals surface area (Å²) in [6, 6.07) is 0. The Morgan fingerprint density at radius 3 is 2.31 bits per heavy atom. The van der Waals surface area contributed by atoms with E-state index in [0.717, 1.165) is 26.1 Å². The Kier molecular flexibility index (Phi) is 6.29. The smallest absolute Gasteiger partial charge is 0.0608 e. The maximum absolute atomic E-state index is 8.97. The average Bonchev–Trinajstić information content (AvgIpc) is 2.12. The number of nitrogens with zero attached hydrogens (tertiary/aromatic N) is 1. The van der Waals surface area contributed by atoms with Gasteiger partial charge in [-0.3, -0.25) is 0 Å². The van der Waals surface area contributed by atoms with Crippen LogP contribution in [-0.4, -0.2) is 41.8 Å². The van der Waals surface area contributed by atoms with Crippen molar-refractivity contribution < 1.29 is 5.11 Å². The molecular formula is C10H24N2O. The Morgan fingerprint density at radius 2 is 1.92 bits per heavy atom. The molecule has 1 atom stereocenters. The first-order valence-electron chi connectivity index (χ1n) is 5.17. The lowest BCUT2D eigenvalue weighted by atomic mass is 10.0. The predicted molar refractivity (Wildman–Crippen MR) is 56.7 cm³/mol. The highest BCUT2D eigenvalue weighted by Gasteiger charge is 2.17. The summed E-state index contributed by atoms with van der Waals surface area (Å²) in [6.07, 6.45) is 2.03. The molecular weight excluding hydrogens is 164 g/mol. The summed E-state index contributed by atoms with van der Waals surface area (Å²) in [5, 5.41) is 8.97. The summed E-state index contributed by atoms with van der Waals surface area (Å²) in [5.41, 5.74) is 5.42. The van der Waals surface area contributed by atoms with E-state index in [4.69, 9.17) is 10.8 Å². The average molecular weight is 188 g/mol. The van der Waals surface area contributed by atoms with Crippen LogP contribution in [0.1, 0.15) is 33.6 Å². The van der Waals surface area contributed by atoms with Gasteiger partial charge in [0.2, 0.25) is 0 Å². The van der Waals surface area contributed by atoms with Crippen LogP contribution in [-0.2, 0) is 0 Å². The molecule has 80 valence electrons. The largest absolute Gasteiger partial charge is 0.394 e. The number of aliphatic hydroxyl groups is 1. The highest BCUT2D eigenvalue weighted by Crippen LogP contribution is 2.05. The molecule has 0 fully saturated rings. The van der Waals surface area contributed by atoms with Crippen LogP contribution >= 0.6 is 0 Å². The number of rotatable bonds is 7. The molecule has 0 spiro atoms. The molecule has 1 unspecified atom stereocenters. The van der Waals surface area contributed by atoms with E-state index in [9.17, 15) is 0 Å². The van der Waals surface area contributed by atoms with Crippen molar-refractivity contribution in [3.05, 3.63) is 0 Å². The van der Waals surface area contributed by atoms with Crippen molar-refractivity contribution in [3.63, 3.8) is 0 Å². The van der Waals surface area contributed by atoms with Crippen LogP contribution in [0.3, 0.4) is 0 Å². The second kappa shape index (κ2) is 6.35.